The Bertz CT molecular complexity index is 1370. The fourth-order valence-electron chi connectivity index (χ4n) is 4.68. The smallest absolute Gasteiger partial charge is 0.475 e. The second-order valence-corrected chi connectivity index (χ2v) is 11.2. The van der Waals surface area contributed by atoms with Crippen LogP contribution in [0, 0.1) is 5.92 Å². The molecule has 3 heterocycles. The number of piperidine rings is 1. The number of carboxylic acid groups (broad SMARTS) is 1. The minimum absolute atomic E-state index is 0.436. The lowest BCUT2D eigenvalue weighted by Crippen LogP contribution is -2.28. The van der Waals surface area contributed by atoms with Crippen LogP contribution in [0.2, 0.25) is 10.0 Å². The summed E-state index contributed by atoms with van der Waals surface area (Å²) in [6, 6.07) is 8.29. The van der Waals surface area contributed by atoms with Gasteiger partial charge in [0.25, 0.3) is 0 Å². The Hall–Kier alpha value is -2.89. The van der Waals surface area contributed by atoms with Crippen LogP contribution in [-0.2, 0) is 11.3 Å². The molecule has 8 nitrogen and oxygen atoms in total. The third kappa shape index (κ3) is 7.05. The van der Waals surface area contributed by atoms with E-state index < -0.39 is 12.1 Å². The normalized spacial score (nSPS) is 17.7. The molecule has 2 aliphatic carbocycles. The number of rotatable bonds is 7. The van der Waals surface area contributed by atoms with Gasteiger partial charge in [0.2, 0.25) is 5.95 Å². The van der Waals surface area contributed by atoms with Gasteiger partial charge < -0.3 is 20.3 Å². The van der Waals surface area contributed by atoms with E-state index in [1.54, 1.807) is 0 Å². The molecule has 0 atom stereocenters. The number of benzene rings is 1. The van der Waals surface area contributed by atoms with Crippen LogP contribution in [0.15, 0.2) is 30.5 Å². The highest BCUT2D eigenvalue weighted by molar-refractivity contribution is 6.42. The number of carbonyl (C=O) groups is 1. The van der Waals surface area contributed by atoms with Crippen LogP contribution in [0.3, 0.4) is 0 Å². The van der Waals surface area contributed by atoms with Gasteiger partial charge >= 0.3 is 12.1 Å². The van der Waals surface area contributed by atoms with Crippen LogP contribution >= 0.6 is 23.2 Å². The summed E-state index contributed by atoms with van der Waals surface area (Å²) in [6.07, 6.45) is 3.89. The predicted octanol–water partition coefficient (Wildman–Crippen LogP) is 6.40. The Morgan fingerprint density at radius 1 is 1.05 bits per heavy atom. The number of halogens is 5. The number of nitrogens with zero attached hydrogens (tertiary/aromatic N) is 4. The molecule has 40 heavy (non-hydrogen) atoms. The largest absolute Gasteiger partial charge is 0.490 e. The summed E-state index contributed by atoms with van der Waals surface area (Å²) in [7, 11) is 0. The predicted molar refractivity (Wildman–Crippen MR) is 147 cm³/mol. The topological polar surface area (TPSA) is 105 Å². The molecule has 1 saturated heterocycles. The van der Waals surface area contributed by atoms with Crippen molar-refractivity contribution in [2.24, 2.45) is 5.92 Å². The molecule has 3 aliphatic rings. The number of nitrogens with one attached hydrogen (secondary N) is 2. The van der Waals surface area contributed by atoms with Gasteiger partial charge in [-0.25, -0.2) is 19.7 Å². The first-order valence-corrected chi connectivity index (χ1v) is 14.0. The zero-order chi connectivity index (χ0) is 28.4. The lowest BCUT2D eigenvalue weighted by Gasteiger charge is -2.23. The molecule has 0 bridgehead atoms. The summed E-state index contributed by atoms with van der Waals surface area (Å²) < 4.78 is 34.2. The molecule has 0 amide bonds. The quantitative estimate of drug-likeness (QED) is 0.290. The molecule has 0 unspecified atom stereocenters. The average Bonchev–Trinajstić information content (AvgIpc) is 3.86. The third-order valence-electron chi connectivity index (χ3n) is 7.08. The van der Waals surface area contributed by atoms with Crippen LogP contribution in [-0.4, -0.2) is 55.9 Å². The first-order valence-electron chi connectivity index (χ1n) is 13.3. The first-order chi connectivity index (χ1) is 19.1. The van der Waals surface area contributed by atoms with Crippen LogP contribution < -0.4 is 10.6 Å². The van der Waals surface area contributed by atoms with Crippen molar-refractivity contribution in [3.8, 4) is 22.6 Å². The maximum absolute atomic E-state index is 10.6. The van der Waals surface area contributed by atoms with Crippen molar-refractivity contribution >= 4 is 35.1 Å². The second kappa shape index (κ2) is 11.9. The van der Waals surface area contributed by atoms with Crippen molar-refractivity contribution in [2.45, 2.75) is 63.2 Å². The zero-order valence-corrected chi connectivity index (χ0v) is 23.0. The number of imidazole rings is 1. The molecule has 0 radical (unpaired) electrons. The highest BCUT2D eigenvalue weighted by Gasteiger charge is 2.38. The summed E-state index contributed by atoms with van der Waals surface area (Å²) in [5.41, 5.74) is 3.87. The van der Waals surface area contributed by atoms with Crippen molar-refractivity contribution in [3.05, 3.63) is 46.3 Å². The Kier molecular flexibility index (Phi) is 8.53. The van der Waals surface area contributed by atoms with Gasteiger partial charge in [-0.05, 0) is 75.7 Å². The number of carboxylic acids is 1. The Morgan fingerprint density at radius 3 is 2.35 bits per heavy atom. The van der Waals surface area contributed by atoms with Crippen LogP contribution in [0.25, 0.3) is 22.6 Å². The van der Waals surface area contributed by atoms with Crippen molar-refractivity contribution < 1.29 is 23.1 Å². The molecule has 3 fully saturated rings. The fraction of sp³-hybridized carbons (Fsp3) is 0.481. The van der Waals surface area contributed by atoms with Crippen LogP contribution in [0.1, 0.15) is 50.3 Å². The summed E-state index contributed by atoms with van der Waals surface area (Å²) >= 11 is 12.7. The lowest BCUT2D eigenvalue weighted by atomic mass is 9.97. The van der Waals surface area contributed by atoms with Gasteiger partial charge in [0.05, 0.1) is 27.1 Å². The molecule has 1 aliphatic heterocycles. The minimum Gasteiger partial charge on any atom is -0.475 e. The van der Waals surface area contributed by atoms with Gasteiger partial charge in [-0.3, -0.25) is 0 Å². The van der Waals surface area contributed by atoms with E-state index in [0.717, 1.165) is 55.1 Å². The van der Waals surface area contributed by atoms with Gasteiger partial charge in [0, 0.05) is 30.3 Å². The van der Waals surface area contributed by atoms with Crippen molar-refractivity contribution in [1.29, 1.82) is 0 Å². The maximum Gasteiger partial charge on any atom is 0.490 e. The molecule has 3 N–H and O–H groups in total. The average molecular weight is 597 g/mol. The number of anilines is 1. The minimum atomic E-state index is -5.08. The van der Waals surface area contributed by atoms with Crippen molar-refractivity contribution in [3.63, 3.8) is 0 Å². The molecule has 1 aromatic carbocycles. The fourth-order valence-corrected chi connectivity index (χ4v) is 4.98. The lowest BCUT2D eigenvalue weighted by molar-refractivity contribution is -0.192. The number of hydrogen-bond donors (Lipinski definition) is 3. The van der Waals surface area contributed by atoms with E-state index in [1.807, 2.05) is 30.5 Å². The Morgan fingerprint density at radius 2 is 1.75 bits per heavy atom. The number of aromatic nitrogens is 4. The molecule has 214 valence electrons. The molecule has 2 saturated carbocycles. The van der Waals surface area contributed by atoms with E-state index in [-0.39, 0.29) is 0 Å². The molecule has 13 heteroatoms. The summed E-state index contributed by atoms with van der Waals surface area (Å²) in [6.45, 7) is 3.04. The van der Waals surface area contributed by atoms with Gasteiger partial charge in [-0.2, -0.15) is 13.2 Å². The van der Waals surface area contributed by atoms with Gasteiger partial charge in [-0.15, -0.1) is 0 Å². The van der Waals surface area contributed by atoms with Gasteiger partial charge in [0.1, 0.15) is 5.82 Å². The van der Waals surface area contributed by atoms with Crippen LogP contribution in [0.5, 0.6) is 0 Å². The molecule has 6 rings (SSSR count). The maximum atomic E-state index is 10.6. The number of alkyl halides is 3. The summed E-state index contributed by atoms with van der Waals surface area (Å²) in [5, 5.41) is 15.2. The molecular formula is C27H29Cl2F3N6O2. The number of aliphatic carboxylic acids is 1. The van der Waals surface area contributed by atoms with E-state index in [1.165, 1.54) is 31.5 Å². The molecular weight excluding hydrogens is 568 g/mol. The monoisotopic (exact) mass is 596 g/mol. The zero-order valence-electron chi connectivity index (χ0n) is 21.5. The van der Waals surface area contributed by atoms with E-state index in [0.29, 0.717) is 33.9 Å². The summed E-state index contributed by atoms with van der Waals surface area (Å²) in [5.74, 6) is 0.261. The molecule has 2 aromatic heterocycles. The molecule has 3 aromatic rings. The second-order valence-electron chi connectivity index (χ2n) is 10.4. The first kappa shape index (κ1) is 28.6. The van der Waals surface area contributed by atoms with E-state index in [2.05, 4.69) is 20.2 Å². The van der Waals surface area contributed by atoms with Crippen molar-refractivity contribution in [1.82, 2.24) is 24.8 Å². The summed E-state index contributed by atoms with van der Waals surface area (Å²) in [4.78, 5) is 23.6. The third-order valence-corrected chi connectivity index (χ3v) is 7.82. The van der Waals surface area contributed by atoms with Gasteiger partial charge in [0.15, 0.2) is 0 Å². The van der Waals surface area contributed by atoms with E-state index in [4.69, 9.17) is 43.1 Å². The van der Waals surface area contributed by atoms with E-state index >= 15 is 0 Å². The SMILES string of the molecule is Clc1ccc(-c2nc(C3CCNCC3)n(CC3CC3)c2-c2ccnc(NC3CC3)n2)cc1Cl.O=C(O)C(F)(F)F. The Balaban J connectivity index is 0.000000411. The van der Waals surface area contributed by atoms with Crippen molar-refractivity contribution in [2.75, 3.05) is 18.4 Å². The number of hydrogen-bond acceptors (Lipinski definition) is 6. The van der Waals surface area contributed by atoms with E-state index in [9.17, 15) is 13.2 Å². The highest BCUT2D eigenvalue weighted by Crippen LogP contribution is 2.41. The standard InChI is InChI=1S/C25H28Cl2N6.C2HF3O2/c26-19-6-3-17(13-20(19)27)22-23(21-9-12-29-25(31-21)30-18-4-5-18)33(14-15-1-2-15)24(32-22)16-7-10-28-11-8-16;3-2(4,5)1(6)7/h3,6,9,12-13,15-16,18,28H,1-2,4-5,7-8,10-11,14H2,(H,29,30,31);(H,6,7). The Labute approximate surface area is 239 Å². The molecule has 0 spiro atoms. The van der Waals surface area contributed by atoms with Crippen LogP contribution in [0.4, 0.5) is 19.1 Å². The highest BCUT2D eigenvalue weighted by atomic mass is 35.5. The van der Waals surface area contributed by atoms with Gasteiger partial charge in [-0.1, -0.05) is 29.3 Å².